The van der Waals surface area contributed by atoms with Gasteiger partial charge in [-0.1, -0.05) is 36.0 Å². The molecule has 0 saturated carbocycles. The minimum absolute atomic E-state index is 0.223. The zero-order valence-electron chi connectivity index (χ0n) is 14.5. The summed E-state index contributed by atoms with van der Waals surface area (Å²) in [6.07, 6.45) is 3.71. The van der Waals surface area contributed by atoms with Gasteiger partial charge in [-0.2, -0.15) is 0 Å². The third kappa shape index (κ3) is 3.20. The number of aromatic nitrogens is 1. The van der Waals surface area contributed by atoms with Crippen LogP contribution in [-0.2, 0) is 7.05 Å². The van der Waals surface area contributed by atoms with E-state index in [1.807, 2.05) is 12.1 Å². The fraction of sp³-hybridized carbons (Fsp3) is 0.190. The Morgan fingerprint density at radius 1 is 1.15 bits per heavy atom. The van der Waals surface area contributed by atoms with Crippen molar-refractivity contribution in [2.75, 3.05) is 17.3 Å². The van der Waals surface area contributed by atoms with E-state index >= 15 is 0 Å². The molecule has 0 fully saturated rings. The standard InChI is InChI=1S/C21H20ClN2OS/c1-23-11-10-15(17-6-2-3-7-18(17)23)12-21-24(14-16(25)13-22)19-8-4-5-9-20(19)26-21/h2-12,16,25H,13-14H2,1H3/q+1. The molecular formula is C21H20ClN2OS+. The van der Waals surface area contributed by atoms with Gasteiger partial charge in [-0.15, -0.1) is 11.6 Å². The summed E-state index contributed by atoms with van der Waals surface area (Å²) >= 11 is 7.59. The molecule has 1 N–H and O–H groups in total. The smallest absolute Gasteiger partial charge is 0.212 e. The normalized spacial score (nSPS) is 16.3. The summed E-state index contributed by atoms with van der Waals surface area (Å²) in [6, 6.07) is 18.8. The maximum atomic E-state index is 10.1. The summed E-state index contributed by atoms with van der Waals surface area (Å²) < 4.78 is 2.13. The predicted molar refractivity (Wildman–Crippen MR) is 109 cm³/mol. The fourth-order valence-electron chi connectivity index (χ4n) is 3.25. The summed E-state index contributed by atoms with van der Waals surface area (Å²) in [5.41, 5.74) is 3.48. The Hall–Kier alpha value is -2.01. The topological polar surface area (TPSA) is 27.4 Å². The van der Waals surface area contributed by atoms with Gasteiger partial charge < -0.3 is 10.0 Å². The van der Waals surface area contributed by atoms with Crippen LogP contribution >= 0.6 is 23.4 Å². The molecule has 2 heterocycles. The number of para-hydroxylation sites is 2. The zero-order chi connectivity index (χ0) is 18.1. The highest BCUT2D eigenvalue weighted by molar-refractivity contribution is 8.03. The second-order valence-electron chi connectivity index (χ2n) is 6.37. The van der Waals surface area contributed by atoms with Crippen LogP contribution in [0.4, 0.5) is 5.69 Å². The Bertz CT molecular complexity index is 989. The molecule has 1 unspecified atom stereocenters. The molecule has 0 spiro atoms. The lowest BCUT2D eigenvalue weighted by molar-refractivity contribution is -0.644. The maximum Gasteiger partial charge on any atom is 0.212 e. The van der Waals surface area contributed by atoms with Gasteiger partial charge in [0.15, 0.2) is 6.20 Å². The van der Waals surface area contributed by atoms with Gasteiger partial charge in [0.05, 0.1) is 34.6 Å². The minimum atomic E-state index is -0.572. The number of pyridine rings is 1. The molecule has 2 aromatic carbocycles. The molecule has 1 aliphatic heterocycles. The number of hydrogen-bond donors (Lipinski definition) is 1. The van der Waals surface area contributed by atoms with Crippen LogP contribution in [0.15, 0.2) is 70.7 Å². The second-order valence-corrected chi connectivity index (χ2v) is 7.74. The maximum absolute atomic E-state index is 10.1. The van der Waals surface area contributed by atoms with Gasteiger partial charge in [-0.05, 0) is 29.8 Å². The van der Waals surface area contributed by atoms with Crippen LogP contribution < -0.4 is 9.47 Å². The number of fused-ring (bicyclic) bond motifs is 2. The van der Waals surface area contributed by atoms with Crippen molar-refractivity contribution in [3.63, 3.8) is 0 Å². The molecule has 4 rings (SSSR count). The second kappa shape index (κ2) is 7.31. The summed E-state index contributed by atoms with van der Waals surface area (Å²) in [7, 11) is 2.06. The molecule has 0 bridgehead atoms. The molecule has 0 amide bonds. The van der Waals surface area contributed by atoms with Crippen molar-refractivity contribution in [3.8, 4) is 0 Å². The molecule has 3 nitrogen and oxygen atoms in total. The van der Waals surface area contributed by atoms with Crippen molar-refractivity contribution in [1.29, 1.82) is 0 Å². The van der Waals surface area contributed by atoms with E-state index in [1.54, 1.807) is 11.8 Å². The van der Waals surface area contributed by atoms with E-state index in [0.717, 1.165) is 10.7 Å². The number of benzene rings is 2. The Balaban J connectivity index is 1.80. The summed E-state index contributed by atoms with van der Waals surface area (Å²) in [5, 5.41) is 12.4. The number of thioether (sulfide) groups is 1. The predicted octanol–water partition coefficient (Wildman–Crippen LogP) is 4.17. The van der Waals surface area contributed by atoms with Gasteiger partial charge in [0.1, 0.15) is 7.05 Å². The quantitative estimate of drug-likeness (QED) is 0.541. The highest BCUT2D eigenvalue weighted by atomic mass is 35.5. The monoisotopic (exact) mass is 383 g/mol. The van der Waals surface area contributed by atoms with Crippen molar-refractivity contribution in [2.45, 2.75) is 11.0 Å². The lowest BCUT2D eigenvalue weighted by Crippen LogP contribution is -2.30. The number of nitrogens with zero attached hydrogens (tertiary/aromatic N) is 2. The number of rotatable bonds is 4. The number of β-amino-alcohol motifs (C(OH)–C–C–N with tert-alkyl or cyclic N) is 1. The number of aliphatic hydroxyl groups is 1. The first-order chi connectivity index (χ1) is 12.7. The van der Waals surface area contributed by atoms with E-state index in [0.29, 0.717) is 6.54 Å². The largest absolute Gasteiger partial charge is 0.390 e. The highest BCUT2D eigenvalue weighted by Crippen LogP contribution is 2.46. The summed E-state index contributed by atoms with van der Waals surface area (Å²) in [4.78, 5) is 3.36. The van der Waals surface area contributed by atoms with Crippen LogP contribution in [0.5, 0.6) is 0 Å². The first kappa shape index (κ1) is 17.4. The molecule has 1 aliphatic rings. The summed E-state index contributed by atoms with van der Waals surface area (Å²) in [6.45, 7) is 0.484. The molecule has 1 aromatic heterocycles. The third-order valence-corrected chi connectivity index (χ3v) is 6.03. The number of aryl methyl sites for hydroxylation is 1. The number of hydrogen-bond acceptors (Lipinski definition) is 3. The van der Waals surface area contributed by atoms with E-state index in [9.17, 15) is 5.11 Å². The lowest BCUT2D eigenvalue weighted by atomic mass is 10.1. The number of anilines is 1. The van der Waals surface area contributed by atoms with Crippen LogP contribution in [0, 0.1) is 0 Å². The molecular weight excluding hydrogens is 364 g/mol. The van der Waals surface area contributed by atoms with Gasteiger partial charge >= 0.3 is 0 Å². The first-order valence-corrected chi connectivity index (χ1v) is 9.90. The molecule has 0 radical (unpaired) electrons. The summed E-state index contributed by atoms with van der Waals surface area (Å²) in [5.74, 6) is 0.223. The van der Waals surface area contributed by atoms with Gasteiger partial charge in [0, 0.05) is 17.0 Å². The van der Waals surface area contributed by atoms with E-state index in [4.69, 9.17) is 11.6 Å². The van der Waals surface area contributed by atoms with E-state index < -0.39 is 6.10 Å². The van der Waals surface area contributed by atoms with Crippen molar-refractivity contribution in [1.82, 2.24) is 0 Å². The molecule has 0 aliphatic carbocycles. The van der Waals surface area contributed by atoms with E-state index in [-0.39, 0.29) is 5.88 Å². The van der Waals surface area contributed by atoms with Crippen molar-refractivity contribution >= 4 is 46.0 Å². The Kier molecular flexibility index (Phi) is 4.90. The number of alkyl halides is 1. The lowest BCUT2D eigenvalue weighted by Gasteiger charge is -2.23. The van der Waals surface area contributed by atoms with Crippen molar-refractivity contribution in [3.05, 3.63) is 71.4 Å². The fourth-order valence-corrected chi connectivity index (χ4v) is 4.48. The average Bonchev–Trinajstić information content (AvgIpc) is 3.01. The van der Waals surface area contributed by atoms with Crippen molar-refractivity contribution < 1.29 is 9.67 Å². The highest BCUT2D eigenvalue weighted by Gasteiger charge is 2.26. The van der Waals surface area contributed by atoms with Crippen LogP contribution in [0.25, 0.3) is 17.0 Å². The van der Waals surface area contributed by atoms with Crippen LogP contribution in [0.2, 0.25) is 0 Å². The van der Waals surface area contributed by atoms with E-state index in [2.05, 4.69) is 71.3 Å². The zero-order valence-corrected chi connectivity index (χ0v) is 16.0. The third-order valence-electron chi connectivity index (χ3n) is 4.56. The van der Waals surface area contributed by atoms with Crippen molar-refractivity contribution in [2.24, 2.45) is 7.05 Å². The van der Waals surface area contributed by atoms with Gasteiger partial charge in [-0.25, -0.2) is 4.57 Å². The molecule has 0 saturated heterocycles. The average molecular weight is 384 g/mol. The molecule has 26 heavy (non-hydrogen) atoms. The number of aliphatic hydroxyl groups excluding tert-OH is 1. The first-order valence-electron chi connectivity index (χ1n) is 8.55. The minimum Gasteiger partial charge on any atom is -0.390 e. The SMILES string of the molecule is C[n+]1ccc(/C=C2\Sc3ccccc3N2CC(O)CCl)c2ccccc21. The Morgan fingerprint density at radius 3 is 2.77 bits per heavy atom. The Labute approximate surface area is 162 Å². The molecule has 1 atom stereocenters. The Morgan fingerprint density at radius 2 is 1.92 bits per heavy atom. The van der Waals surface area contributed by atoms with Crippen LogP contribution in [0.3, 0.4) is 0 Å². The number of halogens is 1. The molecule has 3 aromatic rings. The van der Waals surface area contributed by atoms with E-state index in [1.165, 1.54) is 21.4 Å². The van der Waals surface area contributed by atoms with Gasteiger partial charge in [0.25, 0.3) is 0 Å². The van der Waals surface area contributed by atoms with Gasteiger partial charge in [-0.3, -0.25) is 0 Å². The van der Waals surface area contributed by atoms with Crippen LogP contribution in [-0.4, -0.2) is 23.6 Å². The molecule has 5 heteroatoms. The van der Waals surface area contributed by atoms with Crippen LogP contribution in [0.1, 0.15) is 5.56 Å². The molecule has 132 valence electrons. The van der Waals surface area contributed by atoms with Gasteiger partial charge in [0.2, 0.25) is 5.52 Å².